The SMILES string of the molecule is CC(C)C1CCC(=O)N(CC(=O)c2cccc(F)c2)CC1. The van der Waals surface area contributed by atoms with Gasteiger partial charge in [0.2, 0.25) is 5.91 Å². The van der Waals surface area contributed by atoms with Crippen molar-refractivity contribution < 1.29 is 14.0 Å². The molecule has 3 nitrogen and oxygen atoms in total. The molecule has 1 unspecified atom stereocenters. The third kappa shape index (κ3) is 4.13. The number of amides is 1. The fourth-order valence-electron chi connectivity index (χ4n) is 2.82. The number of carbonyl (C=O) groups excluding carboxylic acids is 2. The van der Waals surface area contributed by atoms with E-state index in [-0.39, 0.29) is 18.2 Å². The smallest absolute Gasteiger partial charge is 0.222 e. The molecule has 0 radical (unpaired) electrons. The van der Waals surface area contributed by atoms with Gasteiger partial charge in [0, 0.05) is 18.5 Å². The number of halogens is 1. The molecule has 1 aromatic rings. The summed E-state index contributed by atoms with van der Waals surface area (Å²) in [5, 5.41) is 0. The van der Waals surface area contributed by atoms with Gasteiger partial charge in [0.15, 0.2) is 5.78 Å². The number of ketones is 1. The second-order valence-corrected chi connectivity index (χ2v) is 6.08. The number of rotatable bonds is 4. The zero-order valence-electron chi connectivity index (χ0n) is 12.6. The fraction of sp³-hybridized carbons (Fsp3) is 0.529. The molecule has 1 atom stereocenters. The van der Waals surface area contributed by atoms with Crippen molar-refractivity contribution in [2.24, 2.45) is 11.8 Å². The Labute approximate surface area is 125 Å². The zero-order chi connectivity index (χ0) is 15.4. The Balaban J connectivity index is 2.01. The molecule has 0 N–H and O–H groups in total. The highest BCUT2D eigenvalue weighted by atomic mass is 19.1. The zero-order valence-corrected chi connectivity index (χ0v) is 12.6. The molecule has 0 spiro atoms. The van der Waals surface area contributed by atoms with Crippen molar-refractivity contribution >= 4 is 11.7 Å². The molecule has 4 heteroatoms. The van der Waals surface area contributed by atoms with Crippen molar-refractivity contribution in [3.05, 3.63) is 35.6 Å². The van der Waals surface area contributed by atoms with Gasteiger partial charge in [-0.15, -0.1) is 0 Å². The number of carbonyl (C=O) groups is 2. The van der Waals surface area contributed by atoms with Crippen LogP contribution in [0.2, 0.25) is 0 Å². The highest BCUT2D eigenvalue weighted by Gasteiger charge is 2.25. The van der Waals surface area contributed by atoms with Gasteiger partial charge in [0.05, 0.1) is 6.54 Å². The van der Waals surface area contributed by atoms with Gasteiger partial charge in [0.1, 0.15) is 5.82 Å². The van der Waals surface area contributed by atoms with E-state index in [1.54, 1.807) is 11.0 Å². The third-order valence-electron chi connectivity index (χ3n) is 4.28. The molecule has 2 rings (SSSR count). The van der Waals surface area contributed by atoms with Gasteiger partial charge in [-0.05, 0) is 36.8 Å². The normalized spacial score (nSPS) is 19.7. The van der Waals surface area contributed by atoms with Crippen LogP contribution in [0.5, 0.6) is 0 Å². The number of hydrogen-bond donors (Lipinski definition) is 0. The Bertz CT molecular complexity index is 527. The molecule has 1 fully saturated rings. The van der Waals surface area contributed by atoms with E-state index < -0.39 is 5.82 Å². The van der Waals surface area contributed by atoms with E-state index >= 15 is 0 Å². The second kappa shape index (κ2) is 6.83. The van der Waals surface area contributed by atoms with E-state index in [0.717, 1.165) is 12.8 Å². The summed E-state index contributed by atoms with van der Waals surface area (Å²) in [6.07, 6.45) is 2.32. The van der Waals surface area contributed by atoms with E-state index in [9.17, 15) is 14.0 Å². The maximum Gasteiger partial charge on any atom is 0.222 e. The molecule has 1 aliphatic rings. The van der Waals surface area contributed by atoms with E-state index in [0.29, 0.717) is 30.4 Å². The first-order valence-electron chi connectivity index (χ1n) is 7.54. The van der Waals surface area contributed by atoms with Gasteiger partial charge in [-0.1, -0.05) is 26.0 Å². The molecule has 1 heterocycles. The minimum Gasteiger partial charge on any atom is -0.335 e. The van der Waals surface area contributed by atoms with Crippen LogP contribution in [0.25, 0.3) is 0 Å². The molecule has 0 saturated carbocycles. The summed E-state index contributed by atoms with van der Waals surface area (Å²) in [6, 6.07) is 5.63. The highest BCUT2D eigenvalue weighted by Crippen LogP contribution is 2.25. The van der Waals surface area contributed by atoms with Gasteiger partial charge in [-0.2, -0.15) is 0 Å². The van der Waals surface area contributed by atoms with Crippen LogP contribution < -0.4 is 0 Å². The highest BCUT2D eigenvalue weighted by molar-refractivity contribution is 5.99. The number of likely N-dealkylation sites (tertiary alicyclic amines) is 1. The molecule has 0 bridgehead atoms. The number of Topliss-reactive ketones (excluding diaryl/α,β-unsaturated/α-hetero) is 1. The van der Waals surface area contributed by atoms with Crippen LogP contribution in [0.4, 0.5) is 4.39 Å². The molecule has 1 aromatic carbocycles. The molecule has 21 heavy (non-hydrogen) atoms. The van der Waals surface area contributed by atoms with E-state index in [2.05, 4.69) is 13.8 Å². The Morgan fingerprint density at radius 3 is 2.81 bits per heavy atom. The van der Waals surface area contributed by atoms with Crippen molar-refractivity contribution in [3.8, 4) is 0 Å². The van der Waals surface area contributed by atoms with Crippen LogP contribution in [0.3, 0.4) is 0 Å². The average molecular weight is 291 g/mol. The number of nitrogens with zero attached hydrogens (tertiary/aromatic N) is 1. The summed E-state index contributed by atoms with van der Waals surface area (Å²) >= 11 is 0. The lowest BCUT2D eigenvalue weighted by molar-refractivity contribution is -0.130. The molecule has 114 valence electrons. The van der Waals surface area contributed by atoms with Crippen molar-refractivity contribution in [2.45, 2.75) is 33.1 Å². The van der Waals surface area contributed by atoms with Crippen LogP contribution in [0.1, 0.15) is 43.5 Å². The first-order chi connectivity index (χ1) is 9.97. The Kier molecular flexibility index (Phi) is 5.10. The second-order valence-electron chi connectivity index (χ2n) is 6.08. The van der Waals surface area contributed by atoms with Gasteiger partial charge in [0.25, 0.3) is 0 Å². The van der Waals surface area contributed by atoms with Crippen LogP contribution in [-0.2, 0) is 4.79 Å². The predicted octanol–water partition coefficient (Wildman–Crippen LogP) is 3.29. The summed E-state index contributed by atoms with van der Waals surface area (Å²) in [5.74, 6) is 0.483. The van der Waals surface area contributed by atoms with Crippen LogP contribution in [0, 0.1) is 17.7 Å². The first-order valence-corrected chi connectivity index (χ1v) is 7.54. The Morgan fingerprint density at radius 2 is 2.14 bits per heavy atom. The lowest BCUT2D eigenvalue weighted by atomic mass is 9.89. The maximum atomic E-state index is 13.2. The van der Waals surface area contributed by atoms with Gasteiger partial charge in [-0.25, -0.2) is 4.39 Å². The topological polar surface area (TPSA) is 37.4 Å². The standard InChI is InChI=1S/C17H22FNO2/c1-12(2)13-6-7-17(21)19(9-8-13)11-16(20)14-4-3-5-15(18)10-14/h3-5,10,12-13H,6-9,11H2,1-2H3. The summed E-state index contributed by atoms with van der Waals surface area (Å²) in [6.45, 7) is 5.00. The van der Waals surface area contributed by atoms with Crippen molar-refractivity contribution in [3.63, 3.8) is 0 Å². The minimum atomic E-state index is -0.428. The molecule has 1 aliphatic heterocycles. The summed E-state index contributed by atoms with van der Waals surface area (Å²) in [4.78, 5) is 25.9. The average Bonchev–Trinajstić information content (AvgIpc) is 2.62. The quantitative estimate of drug-likeness (QED) is 0.798. The van der Waals surface area contributed by atoms with Crippen molar-refractivity contribution in [2.75, 3.05) is 13.1 Å². The molecule has 0 aromatic heterocycles. The largest absolute Gasteiger partial charge is 0.335 e. The monoisotopic (exact) mass is 291 g/mol. The van der Waals surface area contributed by atoms with Gasteiger partial charge < -0.3 is 4.90 Å². The third-order valence-corrected chi connectivity index (χ3v) is 4.28. The minimum absolute atomic E-state index is 0.0305. The summed E-state index contributed by atoms with van der Waals surface area (Å²) in [7, 11) is 0. The molecular weight excluding hydrogens is 269 g/mol. The van der Waals surface area contributed by atoms with E-state index in [1.165, 1.54) is 18.2 Å². The maximum absolute atomic E-state index is 13.2. The van der Waals surface area contributed by atoms with Crippen molar-refractivity contribution in [1.82, 2.24) is 4.90 Å². The first kappa shape index (κ1) is 15.7. The predicted molar refractivity (Wildman–Crippen MR) is 79.5 cm³/mol. The molecule has 0 aliphatic carbocycles. The van der Waals surface area contributed by atoms with E-state index in [4.69, 9.17) is 0 Å². The summed E-state index contributed by atoms with van der Waals surface area (Å²) in [5.41, 5.74) is 0.326. The lowest BCUT2D eigenvalue weighted by Gasteiger charge is -2.21. The van der Waals surface area contributed by atoms with Crippen LogP contribution in [-0.4, -0.2) is 29.7 Å². The lowest BCUT2D eigenvalue weighted by Crippen LogP contribution is -2.35. The summed E-state index contributed by atoms with van der Waals surface area (Å²) < 4.78 is 13.2. The number of benzene rings is 1. The van der Waals surface area contributed by atoms with Gasteiger partial charge >= 0.3 is 0 Å². The fourth-order valence-corrected chi connectivity index (χ4v) is 2.82. The molecule has 1 saturated heterocycles. The van der Waals surface area contributed by atoms with Crippen LogP contribution >= 0.6 is 0 Å². The Hall–Kier alpha value is -1.71. The number of hydrogen-bond acceptors (Lipinski definition) is 2. The molecular formula is C17H22FNO2. The Morgan fingerprint density at radius 1 is 1.38 bits per heavy atom. The molecule has 1 amide bonds. The van der Waals surface area contributed by atoms with Crippen LogP contribution in [0.15, 0.2) is 24.3 Å². The van der Waals surface area contributed by atoms with Gasteiger partial charge in [-0.3, -0.25) is 9.59 Å². The van der Waals surface area contributed by atoms with Crippen molar-refractivity contribution in [1.29, 1.82) is 0 Å². The van der Waals surface area contributed by atoms with E-state index in [1.807, 2.05) is 0 Å².